The Morgan fingerprint density at radius 1 is 1.20 bits per heavy atom. The van der Waals surface area contributed by atoms with Gasteiger partial charge < -0.3 is 10.1 Å². The van der Waals surface area contributed by atoms with Crippen LogP contribution in [0.5, 0.6) is 0 Å². The molecule has 25 heavy (non-hydrogen) atoms. The zero-order valence-electron chi connectivity index (χ0n) is 13.7. The van der Waals surface area contributed by atoms with Gasteiger partial charge in [-0.05, 0) is 37.6 Å². The highest BCUT2D eigenvalue weighted by molar-refractivity contribution is 8.00. The molecule has 0 heterocycles. The van der Waals surface area contributed by atoms with Crippen LogP contribution in [0.25, 0.3) is 0 Å². The molecule has 1 atom stereocenters. The molecule has 0 fully saturated rings. The molecule has 0 unspecified atom stereocenters. The van der Waals surface area contributed by atoms with E-state index in [1.807, 2.05) is 31.2 Å². The summed E-state index contributed by atoms with van der Waals surface area (Å²) in [6.45, 7) is 3.31. The molecule has 0 spiro atoms. The minimum Gasteiger partial charge on any atom is -0.452 e. The first kappa shape index (κ1) is 18.9. The van der Waals surface area contributed by atoms with Gasteiger partial charge in [0.25, 0.3) is 5.91 Å². The number of ether oxygens (including phenoxy) is 1. The number of carbonyl (C=O) groups is 2. The summed E-state index contributed by atoms with van der Waals surface area (Å²) in [6, 6.07) is 10.4. The second kappa shape index (κ2) is 8.62. The summed E-state index contributed by atoms with van der Waals surface area (Å²) in [5.74, 6) is -2.85. The summed E-state index contributed by atoms with van der Waals surface area (Å²) in [5, 5.41) is 2.26. The van der Waals surface area contributed by atoms with Crippen molar-refractivity contribution in [1.29, 1.82) is 0 Å². The predicted molar refractivity (Wildman–Crippen MR) is 92.4 cm³/mol. The lowest BCUT2D eigenvalue weighted by molar-refractivity contribution is -0.150. The molecule has 0 aliphatic heterocycles. The van der Waals surface area contributed by atoms with Gasteiger partial charge in [0.15, 0.2) is 6.10 Å². The highest BCUT2D eigenvalue weighted by Crippen LogP contribution is 2.22. The van der Waals surface area contributed by atoms with E-state index in [2.05, 4.69) is 5.32 Å². The van der Waals surface area contributed by atoms with Crippen LogP contribution in [-0.2, 0) is 14.3 Å². The number of nitrogens with one attached hydrogen (secondary N) is 1. The second-order valence-corrected chi connectivity index (χ2v) is 6.32. The third-order valence-corrected chi connectivity index (χ3v) is 4.45. The lowest BCUT2D eigenvalue weighted by atomic mass is 10.2. The molecule has 4 nitrogen and oxygen atoms in total. The van der Waals surface area contributed by atoms with Crippen LogP contribution in [0.3, 0.4) is 0 Å². The van der Waals surface area contributed by atoms with E-state index >= 15 is 0 Å². The Balaban J connectivity index is 1.85. The summed E-state index contributed by atoms with van der Waals surface area (Å²) in [5.41, 5.74) is 0.862. The Labute approximate surface area is 148 Å². The Morgan fingerprint density at radius 2 is 1.92 bits per heavy atom. The highest BCUT2D eigenvalue weighted by Gasteiger charge is 2.19. The number of esters is 1. The van der Waals surface area contributed by atoms with Crippen LogP contribution in [0.2, 0.25) is 0 Å². The number of amides is 1. The number of benzene rings is 2. The van der Waals surface area contributed by atoms with Gasteiger partial charge in [-0.25, -0.2) is 8.78 Å². The molecule has 0 bridgehead atoms. The SMILES string of the molecule is Cc1ccccc1SCC(=O)O[C@H](C)C(=O)Nc1ccc(F)cc1F. The van der Waals surface area contributed by atoms with E-state index in [4.69, 9.17) is 4.74 Å². The summed E-state index contributed by atoms with van der Waals surface area (Å²) in [7, 11) is 0. The molecule has 1 amide bonds. The minimum atomic E-state index is -1.10. The third-order valence-electron chi connectivity index (χ3n) is 3.31. The van der Waals surface area contributed by atoms with Gasteiger partial charge in [-0.3, -0.25) is 9.59 Å². The molecule has 2 aromatic rings. The van der Waals surface area contributed by atoms with Crippen molar-refractivity contribution in [2.45, 2.75) is 24.8 Å². The van der Waals surface area contributed by atoms with E-state index in [9.17, 15) is 18.4 Å². The molecule has 0 saturated carbocycles. The fraction of sp³-hybridized carbons (Fsp3) is 0.222. The quantitative estimate of drug-likeness (QED) is 0.622. The first-order valence-corrected chi connectivity index (χ1v) is 8.49. The topological polar surface area (TPSA) is 55.4 Å². The smallest absolute Gasteiger partial charge is 0.317 e. The van der Waals surface area contributed by atoms with Gasteiger partial charge in [-0.1, -0.05) is 18.2 Å². The number of carbonyl (C=O) groups excluding carboxylic acids is 2. The van der Waals surface area contributed by atoms with Crippen LogP contribution in [0.1, 0.15) is 12.5 Å². The van der Waals surface area contributed by atoms with Crippen LogP contribution >= 0.6 is 11.8 Å². The normalized spacial score (nSPS) is 11.7. The standard InChI is InChI=1S/C18H17F2NO3S/c1-11-5-3-4-6-16(11)25-10-17(22)24-12(2)18(23)21-15-8-7-13(19)9-14(15)20/h3-9,12H,10H2,1-2H3,(H,21,23)/t12-/m1/s1. The number of thioether (sulfide) groups is 1. The van der Waals surface area contributed by atoms with Gasteiger partial charge in [-0.2, -0.15) is 0 Å². The number of rotatable bonds is 6. The number of hydrogen-bond donors (Lipinski definition) is 1. The molecule has 0 aromatic heterocycles. The summed E-state index contributed by atoms with van der Waals surface area (Å²) >= 11 is 1.31. The van der Waals surface area contributed by atoms with Crippen molar-refractivity contribution in [2.75, 3.05) is 11.1 Å². The van der Waals surface area contributed by atoms with Crippen molar-refractivity contribution in [3.05, 3.63) is 59.7 Å². The van der Waals surface area contributed by atoms with Crippen LogP contribution in [0, 0.1) is 18.6 Å². The van der Waals surface area contributed by atoms with Gasteiger partial charge in [0, 0.05) is 11.0 Å². The van der Waals surface area contributed by atoms with E-state index in [0.717, 1.165) is 22.6 Å². The second-order valence-electron chi connectivity index (χ2n) is 5.30. The maximum absolute atomic E-state index is 13.5. The number of hydrogen-bond acceptors (Lipinski definition) is 4. The third kappa shape index (κ3) is 5.56. The van der Waals surface area contributed by atoms with Crippen molar-refractivity contribution in [1.82, 2.24) is 0 Å². The van der Waals surface area contributed by atoms with Crippen LogP contribution in [0.4, 0.5) is 14.5 Å². The average molecular weight is 365 g/mol. The number of aryl methyl sites for hydroxylation is 1. The van der Waals surface area contributed by atoms with Crippen LogP contribution in [0.15, 0.2) is 47.4 Å². The molecule has 0 radical (unpaired) electrons. The van der Waals surface area contributed by atoms with Gasteiger partial charge in [-0.15, -0.1) is 11.8 Å². The maximum atomic E-state index is 13.5. The summed E-state index contributed by atoms with van der Waals surface area (Å²) in [6.07, 6.45) is -1.10. The van der Waals surface area contributed by atoms with Gasteiger partial charge in [0.05, 0.1) is 11.4 Å². The van der Waals surface area contributed by atoms with Crippen molar-refractivity contribution in [2.24, 2.45) is 0 Å². The molecule has 2 aromatic carbocycles. The average Bonchev–Trinajstić information content (AvgIpc) is 2.56. The molecule has 2 rings (SSSR count). The minimum absolute atomic E-state index is 0.0490. The van der Waals surface area contributed by atoms with Crippen LogP contribution in [-0.4, -0.2) is 23.7 Å². The van der Waals surface area contributed by atoms with Gasteiger partial charge >= 0.3 is 5.97 Å². The van der Waals surface area contributed by atoms with E-state index in [1.165, 1.54) is 18.7 Å². The van der Waals surface area contributed by atoms with Crippen molar-refractivity contribution < 1.29 is 23.1 Å². The highest BCUT2D eigenvalue weighted by atomic mass is 32.2. The Kier molecular flexibility index (Phi) is 6.52. The molecule has 0 aliphatic carbocycles. The zero-order valence-corrected chi connectivity index (χ0v) is 14.5. The van der Waals surface area contributed by atoms with Crippen molar-refractivity contribution in [3.8, 4) is 0 Å². The zero-order chi connectivity index (χ0) is 18.4. The largest absolute Gasteiger partial charge is 0.452 e. The molecule has 7 heteroatoms. The van der Waals surface area contributed by atoms with Crippen LogP contribution < -0.4 is 5.32 Å². The lowest BCUT2D eigenvalue weighted by Gasteiger charge is -2.14. The van der Waals surface area contributed by atoms with Gasteiger partial charge in [0.2, 0.25) is 0 Å². The number of halogens is 2. The fourth-order valence-electron chi connectivity index (χ4n) is 1.96. The molecular formula is C18H17F2NO3S. The molecular weight excluding hydrogens is 348 g/mol. The monoisotopic (exact) mass is 365 g/mol. The van der Waals surface area contributed by atoms with Crippen molar-refractivity contribution >= 4 is 29.3 Å². The maximum Gasteiger partial charge on any atom is 0.317 e. The fourth-order valence-corrected chi connectivity index (χ4v) is 2.78. The molecule has 0 saturated heterocycles. The summed E-state index contributed by atoms with van der Waals surface area (Å²) < 4.78 is 31.4. The Bertz CT molecular complexity index is 783. The first-order chi connectivity index (χ1) is 11.9. The first-order valence-electron chi connectivity index (χ1n) is 7.50. The van der Waals surface area contributed by atoms with E-state index in [1.54, 1.807) is 0 Å². The van der Waals surface area contributed by atoms with E-state index in [-0.39, 0.29) is 11.4 Å². The van der Waals surface area contributed by atoms with E-state index in [0.29, 0.717) is 6.07 Å². The molecule has 1 N–H and O–H groups in total. The summed E-state index contributed by atoms with van der Waals surface area (Å²) in [4.78, 5) is 24.8. The van der Waals surface area contributed by atoms with Crippen molar-refractivity contribution in [3.63, 3.8) is 0 Å². The van der Waals surface area contributed by atoms with E-state index < -0.39 is 29.6 Å². The van der Waals surface area contributed by atoms with Gasteiger partial charge in [0.1, 0.15) is 11.6 Å². The number of anilines is 1. The Morgan fingerprint density at radius 3 is 2.60 bits per heavy atom. The lowest BCUT2D eigenvalue weighted by Crippen LogP contribution is -2.30. The molecule has 0 aliphatic rings. The predicted octanol–water partition coefficient (Wildman–Crippen LogP) is 3.94. The Hall–Kier alpha value is -2.41. The molecule has 132 valence electrons.